The Morgan fingerprint density at radius 3 is 2.64 bits per heavy atom. The Balaban J connectivity index is 1.48. The monoisotopic (exact) mass is 427 g/mol. The van der Waals surface area contributed by atoms with Gasteiger partial charge in [0.25, 0.3) is 0 Å². The first-order chi connectivity index (χ1) is 13.5. The number of piperazine rings is 1. The van der Waals surface area contributed by atoms with Gasteiger partial charge in [-0.1, -0.05) is 11.6 Å². The van der Waals surface area contributed by atoms with Crippen molar-refractivity contribution in [1.29, 1.82) is 0 Å². The average Bonchev–Trinajstić information content (AvgIpc) is 3.12. The normalized spacial score (nSPS) is 22.8. The number of thiophene rings is 1. The molecule has 2 fully saturated rings. The maximum atomic E-state index is 13.0. The molecule has 0 aliphatic carbocycles. The lowest BCUT2D eigenvalue weighted by molar-refractivity contribution is -0.152. The molecule has 8 heteroatoms. The van der Waals surface area contributed by atoms with Crippen LogP contribution in [0.3, 0.4) is 0 Å². The van der Waals surface area contributed by atoms with E-state index >= 15 is 0 Å². The zero-order chi connectivity index (χ0) is 20.1. The minimum Gasteiger partial charge on any atom is -0.466 e. The van der Waals surface area contributed by atoms with Crippen molar-refractivity contribution in [2.75, 3.05) is 45.9 Å². The molecular weight excluding hydrogens is 398 g/mol. The van der Waals surface area contributed by atoms with Crippen LogP contribution in [0.5, 0.6) is 0 Å². The van der Waals surface area contributed by atoms with E-state index in [-0.39, 0.29) is 23.8 Å². The number of hydrogen-bond acceptors (Lipinski definition) is 6. The number of piperidine rings is 1. The van der Waals surface area contributed by atoms with E-state index in [0.717, 1.165) is 56.4 Å². The first kappa shape index (κ1) is 21.6. The highest BCUT2D eigenvalue weighted by Crippen LogP contribution is 2.24. The predicted molar refractivity (Wildman–Crippen MR) is 112 cm³/mol. The summed E-state index contributed by atoms with van der Waals surface area (Å²) < 4.78 is 5.98. The Bertz CT molecular complexity index is 675. The number of amides is 1. The van der Waals surface area contributed by atoms with E-state index in [0.29, 0.717) is 13.2 Å². The molecule has 0 N–H and O–H groups in total. The third-order valence-corrected chi connectivity index (χ3v) is 6.89. The fourth-order valence-corrected chi connectivity index (χ4v) is 5.15. The van der Waals surface area contributed by atoms with E-state index in [1.165, 1.54) is 4.88 Å². The van der Waals surface area contributed by atoms with Crippen molar-refractivity contribution in [1.82, 2.24) is 14.7 Å². The molecule has 2 atom stereocenters. The zero-order valence-corrected chi connectivity index (χ0v) is 18.3. The molecular formula is C20H30ClN3O3S. The summed E-state index contributed by atoms with van der Waals surface area (Å²) in [5, 5.41) is 0. The van der Waals surface area contributed by atoms with Crippen LogP contribution in [0.15, 0.2) is 12.1 Å². The molecule has 1 aromatic rings. The summed E-state index contributed by atoms with van der Waals surface area (Å²) in [5.41, 5.74) is 0. The molecule has 2 aliphatic heterocycles. The Morgan fingerprint density at radius 1 is 1.25 bits per heavy atom. The number of esters is 1. The Morgan fingerprint density at radius 2 is 2.00 bits per heavy atom. The molecule has 28 heavy (non-hydrogen) atoms. The van der Waals surface area contributed by atoms with Crippen molar-refractivity contribution in [3.8, 4) is 0 Å². The largest absolute Gasteiger partial charge is 0.466 e. The number of hydrogen-bond donors (Lipinski definition) is 0. The number of carbonyl (C=O) groups is 2. The molecule has 1 amide bonds. The first-order valence-corrected chi connectivity index (χ1v) is 11.3. The predicted octanol–water partition coefficient (Wildman–Crippen LogP) is 2.71. The number of carbonyl (C=O) groups excluding carboxylic acids is 2. The van der Waals surface area contributed by atoms with Gasteiger partial charge in [-0.25, -0.2) is 0 Å². The minimum absolute atomic E-state index is 0.132. The Hall–Kier alpha value is -1.15. The highest BCUT2D eigenvalue weighted by molar-refractivity contribution is 7.16. The molecule has 0 saturated carbocycles. The van der Waals surface area contributed by atoms with Gasteiger partial charge in [-0.15, -0.1) is 11.3 Å². The van der Waals surface area contributed by atoms with E-state index in [4.69, 9.17) is 16.3 Å². The minimum atomic E-state index is -0.181. The standard InChI is InChI=1S/C20H30ClN3O3S/c1-3-27-20(26)16-5-4-8-24(13-16)19(25)15(2)23-11-9-22(10-12-23)14-17-6-7-18(21)28-17/h6-7,15-16H,3-5,8-14H2,1-2H3. The fourth-order valence-electron chi connectivity index (χ4n) is 4.02. The van der Waals surface area contributed by atoms with Gasteiger partial charge >= 0.3 is 5.97 Å². The van der Waals surface area contributed by atoms with Crippen LogP contribution in [0, 0.1) is 5.92 Å². The summed E-state index contributed by atoms with van der Waals surface area (Å²) in [6.45, 7) is 9.98. The van der Waals surface area contributed by atoms with Gasteiger partial charge in [0.15, 0.2) is 0 Å². The summed E-state index contributed by atoms with van der Waals surface area (Å²) in [5.74, 6) is -0.221. The summed E-state index contributed by atoms with van der Waals surface area (Å²) in [7, 11) is 0. The molecule has 156 valence electrons. The number of likely N-dealkylation sites (tertiary alicyclic amines) is 1. The summed E-state index contributed by atoms with van der Waals surface area (Å²) >= 11 is 7.65. The van der Waals surface area contributed by atoms with Gasteiger partial charge in [0, 0.05) is 50.7 Å². The van der Waals surface area contributed by atoms with Crippen molar-refractivity contribution >= 4 is 34.8 Å². The maximum absolute atomic E-state index is 13.0. The zero-order valence-electron chi connectivity index (χ0n) is 16.7. The lowest BCUT2D eigenvalue weighted by Gasteiger charge is -2.40. The lowest BCUT2D eigenvalue weighted by Crippen LogP contribution is -2.55. The number of ether oxygens (including phenoxy) is 1. The van der Waals surface area contributed by atoms with Gasteiger partial charge in [0.2, 0.25) is 5.91 Å². The van der Waals surface area contributed by atoms with Crippen LogP contribution in [-0.4, -0.2) is 78.5 Å². The van der Waals surface area contributed by atoms with Gasteiger partial charge in [-0.3, -0.25) is 19.4 Å². The van der Waals surface area contributed by atoms with E-state index in [1.807, 2.05) is 24.8 Å². The van der Waals surface area contributed by atoms with Crippen molar-refractivity contribution in [2.24, 2.45) is 5.92 Å². The second-order valence-electron chi connectivity index (χ2n) is 7.57. The lowest BCUT2D eigenvalue weighted by atomic mass is 9.97. The highest BCUT2D eigenvalue weighted by Gasteiger charge is 2.33. The molecule has 0 bridgehead atoms. The van der Waals surface area contributed by atoms with Crippen molar-refractivity contribution in [3.05, 3.63) is 21.3 Å². The molecule has 3 heterocycles. The molecule has 6 nitrogen and oxygen atoms in total. The molecule has 1 aromatic heterocycles. The van der Waals surface area contributed by atoms with Gasteiger partial charge in [-0.2, -0.15) is 0 Å². The smallest absolute Gasteiger partial charge is 0.310 e. The molecule has 0 radical (unpaired) electrons. The molecule has 3 rings (SSSR count). The molecule has 2 aliphatic rings. The Labute approximate surface area is 176 Å². The van der Waals surface area contributed by atoms with Gasteiger partial charge in [0.1, 0.15) is 0 Å². The first-order valence-electron chi connectivity index (χ1n) is 10.1. The molecule has 0 spiro atoms. The second-order valence-corrected chi connectivity index (χ2v) is 9.37. The highest BCUT2D eigenvalue weighted by atomic mass is 35.5. The summed E-state index contributed by atoms with van der Waals surface area (Å²) in [6, 6.07) is 3.88. The fraction of sp³-hybridized carbons (Fsp3) is 0.700. The van der Waals surface area contributed by atoms with Crippen LogP contribution in [0.25, 0.3) is 0 Å². The summed E-state index contributed by atoms with van der Waals surface area (Å²) in [6.07, 6.45) is 1.67. The second kappa shape index (κ2) is 10.1. The van der Waals surface area contributed by atoms with Crippen LogP contribution < -0.4 is 0 Å². The van der Waals surface area contributed by atoms with Crippen LogP contribution in [0.2, 0.25) is 4.34 Å². The number of halogens is 1. The maximum Gasteiger partial charge on any atom is 0.310 e. The molecule has 2 saturated heterocycles. The topological polar surface area (TPSA) is 53.1 Å². The Kier molecular flexibility index (Phi) is 7.74. The van der Waals surface area contributed by atoms with Gasteiger partial charge < -0.3 is 9.64 Å². The van der Waals surface area contributed by atoms with E-state index in [1.54, 1.807) is 11.3 Å². The average molecular weight is 428 g/mol. The van der Waals surface area contributed by atoms with Crippen molar-refractivity contribution in [2.45, 2.75) is 39.3 Å². The van der Waals surface area contributed by atoms with E-state index < -0.39 is 0 Å². The number of rotatable bonds is 6. The van der Waals surface area contributed by atoms with Crippen LogP contribution in [0.1, 0.15) is 31.6 Å². The van der Waals surface area contributed by atoms with Gasteiger partial charge in [0.05, 0.1) is 22.9 Å². The van der Waals surface area contributed by atoms with E-state index in [2.05, 4.69) is 15.9 Å². The SMILES string of the molecule is CCOC(=O)C1CCCN(C(=O)C(C)N2CCN(Cc3ccc(Cl)s3)CC2)C1. The van der Waals surface area contributed by atoms with Gasteiger partial charge in [-0.05, 0) is 38.8 Å². The van der Waals surface area contributed by atoms with Crippen LogP contribution in [0.4, 0.5) is 0 Å². The van der Waals surface area contributed by atoms with Crippen molar-refractivity contribution in [3.63, 3.8) is 0 Å². The van der Waals surface area contributed by atoms with Crippen molar-refractivity contribution < 1.29 is 14.3 Å². The third-order valence-electron chi connectivity index (χ3n) is 5.67. The van der Waals surface area contributed by atoms with Crippen LogP contribution in [-0.2, 0) is 20.9 Å². The number of nitrogens with zero attached hydrogens (tertiary/aromatic N) is 3. The summed E-state index contributed by atoms with van der Waals surface area (Å²) in [4.78, 5) is 32.9. The van der Waals surface area contributed by atoms with Crippen LogP contribution >= 0.6 is 22.9 Å². The molecule has 2 unspecified atom stereocenters. The van der Waals surface area contributed by atoms with E-state index in [9.17, 15) is 9.59 Å². The molecule has 0 aromatic carbocycles. The third kappa shape index (κ3) is 5.47. The quantitative estimate of drug-likeness (QED) is 0.653.